The molecule has 96 valence electrons. The van der Waals surface area contributed by atoms with Crippen LogP contribution in [0.2, 0.25) is 0 Å². The lowest BCUT2D eigenvalue weighted by Gasteiger charge is -2.03. The first-order chi connectivity index (χ1) is 8.61. The fourth-order valence-corrected chi connectivity index (χ4v) is 1.36. The van der Waals surface area contributed by atoms with E-state index >= 15 is 0 Å². The van der Waals surface area contributed by atoms with E-state index < -0.39 is 11.9 Å². The van der Waals surface area contributed by atoms with Crippen LogP contribution < -0.4 is 5.32 Å². The number of nitrogens with one attached hydrogen (secondary N) is 1. The van der Waals surface area contributed by atoms with E-state index in [2.05, 4.69) is 10.1 Å². The zero-order valence-electron chi connectivity index (χ0n) is 10.1. The fraction of sp³-hybridized carbons (Fsp3) is 0.308. The molecule has 0 atom stereocenters. The molecule has 18 heavy (non-hydrogen) atoms. The monoisotopic (exact) mass is 249 g/mol. The van der Waals surface area contributed by atoms with E-state index in [1.807, 2.05) is 18.2 Å². The number of carbonyl (C=O) groups excluding carboxylic acids is 3. The fourth-order valence-electron chi connectivity index (χ4n) is 1.36. The van der Waals surface area contributed by atoms with Crippen LogP contribution in [0, 0.1) is 0 Å². The minimum Gasteiger partial charge on any atom is -0.469 e. The molecule has 0 aliphatic carbocycles. The molecule has 2 amide bonds. The van der Waals surface area contributed by atoms with Crippen molar-refractivity contribution in [3.63, 3.8) is 0 Å². The number of imide groups is 1. The summed E-state index contributed by atoms with van der Waals surface area (Å²) in [5, 5.41) is 2.22. The third-order valence-electron chi connectivity index (χ3n) is 2.27. The van der Waals surface area contributed by atoms with E-state index in [1.54, 1.807) is 12.1 Å². The van der Waals surface area contributed by atoms with Crippen LogP contribution in [-0.4, -0.2) is 24.9 Å². The average molecular weight is 249 g/mol. The predicted molar refractivity (Wildman–Crippen MR) is 64.5 cm³/mol. The Morgan fingerprint density at radius 2 is 1.72 bits per heavy atom. The van der Waals surface area contributed by atoms with Crippen LogP contribution >= 0.6 is 0 Å². The maximum atomic E-state index is 11.5. The van der Waals surface area contributed by atoms with Crippen LogP contribution in [0.15, 0.2) is 30.3 Å². The molecule has 1 aromatic rings. The number of hydrogen-bond donors (Lipinski definition) is 1. The van der Waals surface area contributed by atoms with Gasteiger partial charge in [0.2, 0.25) is 11.8 Å². The van der Waals surface area contributed by atoms with Gasteiger partial charge in [0.1, 0.15) is 0 Å². The van der Waals surface area contributed by atoms with Crippen LogP contribution in [0.5, 0.6) is 0 Å². The number of amides is 2. The lowest BCUT2D eigenvalue weighted by Crippen LogP contribution is -2.31. The van der Waals surface area contributed by atoms with Gasteiger partial charge in [-0.2, -0.15) is 0 Å². The lowest BCUT2D eigenvalue weighted by atomic mass is 10.1. The Hall–Kier alpha value is -2.17. The third kappa shape index (κ3) is 5.25. The summed E-state index contributed by atoms with van der Waals surface area (Å²) in [6.45, 7) is 0. The molecule has 0 bridgehead atoms. The number of hydrogen-bond acceptors (Lipinski definition) is 4. The van der Waals surface area contributed by atoms with Crippen LogP contribution in [0.25, 0.3) is 0 Å². The highest BCUT2D eigenvalue weighted by Gasteiger charge is 2.10. The molecule has 0 spiro atoms. The first-order valence-electron chi connectivity index (χ1n) is 5.55. The Morgan fingerprint density at radius 1 is 1.06 bits per heavy atom. The van der Waals surface area contributed by atoms with E-state index in [-0.39, 0.29) is 25.2 Å². The van der Waals surface area contributed by atoms with Gasteiger partial charge in [0.05, 0.1) is 20.0 Å². The first-order valence-corrected chi connectivity index (χ1v) is 5.55. The summed E-state index contributed by atoms with van der Waals surface area (Å²) >= 11 is 0. The standard InChI is InChI=1S/C13H15NO4/c1-18-13(17)8-7-11(15)14-12(16)9-10-5-3-2-4-6-10/h2-6H,7-9H2,1H3,(H,14,15,16). The number of esters is 1. The molecule has 0 saturated heterocycles. The van der Waals surface area contributed by atoms with Gasteiger partial charge in [0.25, 0.3) is 0 Å². The van der Waals surface area contributed by atoms with Gasteiger partial charge < -0.3 is 4.74 Å². The first kappa shape index (κ1) is 13.9. The third-order valence-corrected chi connectivity index (χ3v) is 2.27. The molecule has 0 heterocycles. The second-order valence-electron chi connectivity index (χ2n) is 3.71. The quantitative estimate of drug-likeness (QED) is 0.784. The molecule has 0 radical (unpaired) electrons. The highest BCUT2D eigenvalue weighted by atomic mass is 16.5. The summed E-state index contributed by atoms with van der Waals surface area (Å²) in [5.74, 6) is -1.32. The largest absolute Gasteiger partial charge is 0.469 e. The van der Waals surface area contributed by atoms with Crippen LogP contribution in [0.4, 0.5) is 0 Å². The van der Waals surface area contributed by atoms with Crippen LogP contribution in [0.3, 0.4) is 0 Å². The summed E-state index contributed by atoms with van der Waals surface area (Å²) in [4.78, 5) is 33.6. The van der Waals surface area contributed by atoms with E-state index in [1.165, 1.54) is 7.11 Å². The molecule has 0 saturated carbocycles. The second-order valence-corrected chi connectivity index (χ2v) is 3.71. The Morgan fingerprint density at radius 3 is 2.33 bits per heavy atom. The van der Waals surface area contributed by atoms with Crippen LogP contribution in [-0.2, 0) is 25.5 Å². The summed E-state index contributed by atoms with van der Waals surface area (Å²) in [7, 11) is 1.25. The molecule has 0 aromatic heterocycles. The summed E-state index contributed by atoms with van der Waals surface area (Å²) < 4.78 is 4.40. The topological polar surface area (TPSA) is 72.5 Å². The molecule has 5 heteroatoms. The molecule has 5 nitrogen and oxygen atoms in total. The number of benzene rings is 1. The zero-order valence-corrected chi connectivity index (χ0v) is 10.1. The molecule has 1 rings (SSSR count). The molecular formula is C13H15NO4. The Balaban J connectivity index is 2.32. The van der Waals surface area contributed by atoms with Gasteiger partial charge in [0.15, 0.2) is 0 Å². The molecule has 1 aromatic carbocycles. The number of methoxy groups -OCH3 is 1. The van der Waals surface area contributed by atoms with Gasteiger partial charge >= 0.3 is 5.97 Å². The summed E-state index contributed by atoms with van der Waals surface area (Å²) in [6, 6.07) is 9.10. The molecule has 0 aliphatic rings. The molecular weight excluding hydrogens is 234 g/mol. The van der Waals surface area contributed by atoms with Crippen molar-refractivity contribution in [3.8, 4) is 0 Å². The molecule has 1 N–H and O–H groups in total. The summed E-state index contributed by atoms with van der Waals surface area (Å²) in [6.07, 6.45) is 0.0684. The van der Waals surface area contributed by atoms with Crippen molar-refractivity contribution in [2.75, 3.05) is 7.11 Å². The van der Waals surface area contributed by atoms with Crippen molar-refractivity contribution in [2.45, 2.75) is 19.3 Å². The van der Waals surface area contributed by atoms with Gasteiger partial charge in [-0.1, -0.05) is 30.3 Å². The average Bonchev–Trinajstić information content (AvgIpc) is 2.37. The van der Waals surface area contributed by atoms with Crippen molar-refractivity contribution >= 4 is 17.8 Å². The predicted octanol–water partition coefficient (Wildman–Crippen LogP) is 0.825. The van der Waals surface area contributed by atoms with Gasteiger partial charge in [-0.15, -0.1) is 0 Å². The van der Waals surface area contributed by atoms with E-state index in [0.29, 0.717) is 0 Å². The Bertz CT molecular complexity index is 428. The lowest BCUT2D eigenvalue weighted by molar-refractivity contribution is -0.142. The van der Waals surface area contributed by atoms with Gasteiger partial charge in [-0.3, -0.25) is 19.7 Å². The Labute approximate surface area is 105 Å². The maximum Gasteiger partial charge on any atom is 0.306 e. The highest BCUT2D eigenvalue weighted by molar-refractivity contribution is 5.96. The molecule has 0 aliphatic heterocycles. The smallest absolute Gasteiger partial charge is 0.306 e. The van der Waals surface area contributed by atoms with Gasteiger partial charge in [-0.25, -0.2) is 0 Å². The van der Waals surface area contributed by atoms with Gasteiger partial charge in [0, 0.05) is 6.42 Å². The minimum atomic E-state index is -0.472. The van der Waals surface area contributed by atoms with Crippen molar-refractivity contribution in [3.05, 3.63) is 35.9 Å². The van der Waals surface area contributed by atoms with Crippen molar-refractivity contribution in [2.24, 2.45) is 0 Å². The SMILES string of the molecule is COC(=O)CCC(=O)NC(=O)Cc1ccccc1. The van der Waals surface area contributed by atoms with Crippen LogP contribution in [0.1, 0.15) is 18.4 Å². The van der Waals surface area contributed by atoms with E-state index in [4.69, 9.17) is 0 Å². The minimum absolute atomic E-state index is 0.0268. The number of rotatable bonds is 5. The van der Waals surface area contributed by atoms with Gasteiger partial charge in [-0.05, 0) is 5.56 Å². The highest BCUT2D eigenvalue weighted by Crippen LogP contribution is 1.99. The van der Waals surface area contributed by atoms with E-state index in [0.717, 1.165) is 5.56 Å². The molecule has 0 unspecified atom stereocenters. The second kappa shape index (κ2) is 7.21. The number of ether oxygens (including phenoxy) is 1. The molecule has 0 fully saturated rings. The zero-order chi connectivity index (χ0) is 13.4. The van der Waals surface area contributed by atoms with E-state index in [9.17, 15) is 14.4 Å². The summed E-state index contributed by atoms with van der Waals surface area (Å²) in [5.41, 5.74) is 0.829. The number of carbonyl (C=O) groups is 3. The van der Waals surface area contributed by atoms with Crippen molar-refractivity contribution < 1.29 is 19.1 Å². The Kier molecular flexibility index (Phi) is 5.57. The maximum absolute atomic E-state index is 11.5. The van der Waals surface area contributed by atoms with Crippen molar-refractivity contribution in [1.82, 2.24) is 5.32 Å². The normalized spacial score (nSPS) is 9.61. The van der Waals surface area contributed by atoms with Crippen molar-refractivity contribution in [1.29, 1.82) is 0 Å².